The van der Waals surface area contributed by atoms with E-state index < -0.39 is 5.91 Å². The minimum absolute atomic E-state index is 0.0130. The molecular weight excluding hydrogens is 208 g/mol. The Labute approximate surface area is 91.3 Å². The first-order valence-corrected chi connectivity index (χ1v) is 4.65. The SMILES string of the molecule is Cc1cc(C)nc(NC(=O)c2nn[nH]n2)c1. The van der Waals surface area contributed by atoms with Crippen molar-refractivity contribution in [3.63, 3.8) is 0 Å². The van der Waals surface area contributed by atoms with Crippen LogP contribution in [0.25, 0.3) is 0 Å². The number of anilines is 1. The van der Waals surface area contributed by atoms with Gasteiger partial charge >= 0.3 is 0 Å². The molecular formula is C9H10N6O. The zero-order valence-corrected chi connectivity index (χ0v) is 8.85. The lowest BCUT2D eigenvalue weighted by atomic mass is 10.2. The van der Waals surface area contributed by atoms with Gasteiger partial charge in [0.25, 0.3) is 11.7 Å². The van der Waals surface area contributed by atoms with Crippen molar-refractivity contribution >= 4 is 11.7 Å². The molecule has 0 atom stereocenters. The highest BCUT2D eigenvalue weighted by Gasteiger charge is 2.11. The number of amides is 1. The summed E-state index contributed by atoms with van der Waals surface area (Å²) >= 11 is 0. The van der Waals surface area contributed by atoms with Crippen molar-refractivity contribution in [3.8, 4) is 0 Å². The van der Waals surface area contributed by atoms with Crippen molar-refractivity contribution in [2.24, 2.45) is 0 Å². The van der Waals surface area contributed by atoms with Crippen LogP contribution >= 0.6 is 0 Å². The van der Waals surface area contributed by atoms with Gasteiger partial charge in [-0.2, -0.15) is 5.21 Å². The molecule has 1 amide bonds. The second-order valence-corrected chi connectivity index (χ2v) is 3.36. The molecule has 0 bridgehead atoms. The van der Waals surface area contributed by atoms with Crippen molar-refractivity contribution in [2.45, 2.75) is 13.8 Å². The van der Waals surface area contributed by atoms with Gasteiger partial charge in [-0.15, -0.1) is 10.2 Å². The molecule has 82 valence electrons. The molecule has 2 rings (SSSR count). The van der Waals surface area contributed by atoms with Crippen molar-refractivity contribution in [1.29, 1.82) is 0 Å². The number of hydrogen-bond donors (Lipinski definition) is 2. The number of rotatable bonds is 2. The summed E-state index contributed by atoms with van der Waals surface area (Å²) in [4.78, 5) is 15.7. The summed E-state index contributed by atoms with van der Waals surface area (Å²) in [7, 11) is 0. The van der Waals surface area contributed by atoms with E-state index in [1.54, 1.807) is 6.07 Å². The van der Waals surface area contributed by atoms with E-state index in [1.165, 1.54) is 0 Å². The quantitative estimate of drug-likeness (QED) is 0.763. The lowest BCUT2D eigenvalue weighted by molar-refractivity contribution is 0.101. The number of hydrogen-bond acceptors (Lipinski definition) is 5. The number of nitrogens with zero attached hydrogens (tertiary/aromatic N) is 4. The lowest BCUT2D eigenvalue weighted by Gasteiger charge is -2.03. The molecule has 2 aromatic rings. The predicted molar refractivity (Wildman–Crippen MR) is 55.8 cm³/mol. The number of aryl methyl sites for hydroxylation is 2. The molecule has 0 saturated heterocycles. The van der Waals surface area contributed by atoms with E-state index in [1.807, 2.05) is 19.9 Å². The highest BCUT2D eigenvalue weighted by molar-refractivity contribution is 6.00. The van der Waals surface area contributed by atoms with E-state index in [-0.39, 0.29) is 5.82 Å². The third-order valence-corrected chi connectivity index (χ3v) is 1.89. The summed E-state index contributed by atoms with van der Waals surface area (Å²) in [6.45, 7) is 3.79. The van der Waals surface area contributed by atoms with Crippen LogP contribution in [0.15, 0.2) is 12.1 Å². The molecule has 0 aliphatic carbocycles. The summed E-state index contributed by atoms with van der Waals surface area (Å²) in [6, 6.07) is 3.69. The molecule has 2 heterocycles. The monoisotopic (exact) mass is 218 g/mol. The van der Waals surface area contributed by atoms with Gasteiger partial charge in [-0.25, -0.2) is 4.98 Å². The maximum atomic E-state index is 11.6. The van der Waals surface area contributed by atoms with Crippen LogP contribution in [0, 0.1) is 13.8 Å². The summed E-state index contributed by atoms with van der Waals surface area (Å²) in [6.07, 6.45) is 0. The second kappa shape index (κ2) is 4.05. The zero-order valence-electron chi connectivity index (χ0n) is 8.85. The van der Waals surface area contributed by atoms with Gasteiger partial charge in [0, 0.05) is 5.69 Å². The van der Waals surface area contributed by atoms with Gasteiger partial charge in [-0.05, 0) is 36.8 Å². The van der Waals surface area contributed by atoms with E-state index in [0.717, 1.165) is 11.3 Å². The third-order valence-electron chi connectivity index (χ3n) is 1.89. The highest BCUT2D eigenvalue weighted by Crippen LogP contribution is 2.09. The first-order chi connectivity index (χ1) is 7.65. The number of carbonyl (C=O) groups excluding carboxylic acids is 1. The number of nitrogens with one attached hydrogen (secondary N) is 2. The van der Waals surface area contributed by atoms with Crippen LogP contribution in [0.5, 0.6) is 0 Å². The molecule has 7 heteroatoms. The van der Waals surface area contributed by atoms with Crippen LogP contribution in [0.1, 0.15) is 21.9 Å². The molecule has 0 spiro atoms. The van der Waals surface area contributed by atoms with Crippen molar-refractivity contribution < 1.29 is 4.79 Å². The summed E-state index contributed by atoms with van der Waals surface area (Å²) in [5, 5.41) is 15.2. The number of carbonyl (C=O) groups is 1. The first kappa shape index (κ1) is 10.2. The minimum Gasteiger partial charge on any atom is -0.304 e. The number of aromatic nitrogens is 5. The number of pyridine rings is 1. The molecule has 0 aliphatic heterocycles. The van der Waals surface area contributed by atoms with Crippen molar-refractivity contribution in [1.82, 2.24) is 25.6 Å². The van der Waals surface area contributed by atoms with E-state index in [0.29, 0.717) is 5.82 Å². The minimum atomic E-state index is -0.439. The average Bonchev–Trinajstić information content (AvgIpc) is 2.68. The van der Waals surface area contributed by atoms with E-state index in [9.17, 15) is 4.79 Å². The molecule has 0 unspecified atom stereocenters. The molecule has 2 aromatic heterocycles. The molecule has 16 heavy (non-hydrogen) atoms. The largest absolute Gasteiger partial charge is 0.304 e. The zero-order chi connectivity index (χ0) is 11.5. The van der Waals surface area contributed by atoms with Crippen LogP contribution in [-0.4, -0.2) is 31.5 Å². The van der Waals surface area contributed by atoms with Gasteiger partial charge in [-0.3, -0.25) is 4.79 Å². The maximum absolute atomic E-state index is 11.6. The Balaban J connectivity index is 2.18. The molecule has 0 radical (unpaired) electrons. The summed E-state index contributed by atoms with van der Waals surface area (Å²) in [5.41, 5.74) is 1.86. The Morgan fingerprint density at radius 3 is 2.81 bits per heavy atom. The van der Waals surface area contributed by atoms with Gasteiger partial charge in [0.2, 0.25) is 0 Å². The fourth-order valence-corrected chi connectivity index (χ4v) is 1.34. The van der Waals surface area contributed by atoms with Gasteiger partial charge in [0.05, 0.1) is 0 Å². The van der Waals surface area contributed by atoms with E-state index in [2.05, 4.69) is 30.9 Å². The fraction of sp³-hybridized carbons (Fsp3) is 0.222. The molecule has 7 nitrogen and oxygen atoms in total. The smallest absolute Gasteiger partial charge is 0.298 e. The van der Waals surface area contributed by atoms with Gasteiger partial charge in [0.15, 0.2) is 0 Å². The lowest BCUT2D eigenvalue weighted by Crippen LogP contribution is -2.15. The summed E-state index contributed by atoms with van der Waals surface area (Å²) in [5.74, 6) is 0.0273. The van der Waals surface area contributed by atoms with Crippen molar-refractivity contribution in [2.75, 3.05) is 5.32 Å². The maximum Gasteiger partial charge on any atom is 0.298 e. The van der Waals surface area contributed by atoms with Crippen LogP contribution < -0.4 is 5.32 Å². The number of H-pyrrole nitrogens is 1. The Morgan fingerprint density at radius 2 is 2.19 bits per heavy atom. The molecule has 0 fully saturated rings. The molecule has 0 saturated carbocycles. The third kappa shape index (κ3) is 2.19. The van der Waals surface area contributed by atoms with Gasteiger partial charge in [-0.1, -0.05) is 0 Å². The predicted octanol–water partition coefficient (Wildman–Crippen LogP) is 0.464. The van der Waals surface area contributed by atoms with E-state index >= 15 is 0 Å². The molecule has 2 N–H and O–H groups in total. The fourth-order valence-electron chi connectivity index (χ4n) is 1.34. The normalized spacial score (nSPS) is 10.1. The van der Waals surface area contributed by atoms with Crippen LogP contribution in [0.2, 0.25) is 0 Å². The highest BCUT2D eigenvalue weighted by atomic mass is 16.2. The topological polar surface area (TPSA) is 96.5 Å². The van der Waals surface area contributed by atoms with Crippen LogP contribution in [0.4, 0.5) is 5.82 Å². The second-order valence-electron chi connectivity index (χ2n) is 3.36. The van der Waals surface area contributed by atoms with Crippen LogP contribution in [-0.2, 0) is 0 Å². The Kier molecular flexibility index (Phi) is 2.59. The van der Waals surface area contributed by atoms with Gasteiger partial charge in [0.1, 0.15) is 5.82 Å². The molecule has 0 aliphatic rings. The Hall–Kier alpha value is -2.31. The Bertz CT molecular complexity index is 486. The Morgan fingerprint density at radius 1 is 1.38 bits per heavy atom. The van der Waals surface area contributed by atoms with Gasteiger partial charge < -0.3 is 5.32 Å². The standard InChI is InChI=1S/C9H10N6O/c1-5-3-6(2)10-7(4-5)11-9(16)8-12-14-15-13-8/h3-4H,1-2H3,(H,10,11,16)(H,12,13,14,15). The van der Waals surface area contributed by atoms with Crippen LogP contribution in [0.3, 0.4) is 0 Å². The number of aromatic amines is 1. The van der Waals surface area contributed by atoms with Crippen molar-refractivity contribution in [3.05, 3.63) is 29.2 Å². The molecule has 0 aromatic carbocycles. The average molecular weight is 218 g/mol. The van der Waals surface area contributed by atoms with E-state index in [4.69, 9.17) is 0 Å². The summed E-state index contributed by atoms with van der Waals surface area (Å²) < 4.78 is 0. The first-order valence-electron chi connectivity index (χ1n) is 4.65. The number of tetrazole rings is 1.